The van der Waals surface area contributed by atoms with Crippen molar-refractivity contribution < 1.29 is 49.0 Å². The van der Waals surface area contributed by atoms with E-state index in [9.17, 15) is 30.0 Å². The molecule has 57 heavy (non-hydrogen) atoms. The first-order valence-corrected chi connectivity index (χ1v) is 23.1. The van der Waals surface area contributed by atoms with E-state index < -0.39 is 55.4 Å². The zero-order valence-electron chi connectivity index (χ0n) is 36.1. The first-order chi connectivity index (χ1) is 27.8. The highest BCUT2D eigenvalue weighted by Gasteiger charge is 2.44. The quantitative estimate of drug-likeness (QED) is 0.0205. The lowest BCUT2D eigenvalue weighted by Gasteiger charge is -2.39. The molecule has 1 fully saturated rings. The summed E-state index contributed by atoms with van der Waals surface area (Å²) in [7, 11) is 0. The molecule has 4 N–H and O–H groups in total. The Morgan fingerprint density at radius 3 is 1.47 bits per heavy atom. The summed E-state index contributed by atoms with van der Waals surface area (Å²) in [5, 5.41) is 40.1. The van der Waals surface area contributed by atoms with E-state index in [1.54, 1.807) is 0 Å². The molecule has 1 rings (SSSR count). The van der Waals surface area contributed by atoms with Crippen LogP contribution in [0, 0.1) is 0 Å². The molecule has 10 heteroatoms. The van der Waals surface area contributed by atoms with Crippen LogP contribution < -0.4 is 0 Å². The highest BCUT2D eigenvalue weighted by atomic mass is 16.7. The van der Waals surface area contributed by atoms with Crippen molar-refractivity contribution >= 4 is 11.9 Å². The minimum Gasteiger partial charge on any atom is -0.462 e. The Morgan fingerprint density at radius 1 is 0.544 bits per heavy atom. The molecule has 1 aliphatic rings. The van der Waals surface area contributed by atoms with Gasteiger partial charge in [0, 0.05) is 12.8 Å². The fraction of sp³-hybridized carbons (Fsp3) is 0.830. The first kappa shape index (κ1) is 52.9. The van der Waals surface area contributed by atoms with Gasteiger partial charge in [-0.05, 0) is 64.2 Å². The van der Waals surface area contributed by atoms with Crippen LogP contribution in [0.2, 0.25) is 0 Å². The summed E-state index contributed by atoms with van der Waals surface area (Å²) in [6, 6.07) is 0. The third-order valence-electron chi connectivity index (χ3n) is 10.5. The Morgan fingerprint density at radius 2 is 0.982 bits per heavy atom. The van der Waals surface area contributed by atoms with Crippen LogP contribution >= 0.6 is 0 Å². The molecular weight excluding hydrogens is 725 g/mol. The van der Waals surface area contributed by atoms with E-state index in [0.29, 0.717) is 12.8 Å². The smallest absolute Gasteiger partial charge is 0.306 e. The summed E-state index contributed by atoms with van der Waals surface area (Å²) in [5.41, 5.74) is 0. The molecule has 10 nitrogen and oxygen atoms in total. The summed E-state index contributed by atoms with van der Waals surface area (Å²) in [6.07, 6.45) is 35.7. The molecule has 0 saturated carbocycles. The second-order valence-corrected chi connectivity index (χ2v) is 15.9. The maximum atomic E-state index is 12.8. The molecule has 0 aromatic carbocycles. The van der Waals surface area contributed by atoms with Crippen LogP contribution in [-0.2, 0) is 28.5 Å². The Hall–Kier alpha value is -2.08. The fourth-order valence-electron chi connectivity index (χ4n) is 6.82. The normalized spacial score (nSPS) is 20.6. The van der Waals surface area contributed by atoms with Crippen molar-refractivity contribution in [3.05, 3.63) is 36.5 Å². The maximum absolute atomic E-state index is 12.8. The van der Waals surface area contributed by atoms with E-state index in [0.717, 1.165) is 57.8 Å². The van der Waals surface area contributed by atoms with Crippen LogP contribution in [-0.4, -0.2) is 89.0 Å². The highest BCUT2D eigenvalue weighted by Crippen LogP contribution is 2.22. The van der Waals surface area contributed by atoms with E-state index in [2.05, 4.69) is 50.3 Å². The molecule has 1 heterocycles. The Labute approximate surface area is 346 Å². The molecule has 2 unspecified atom stereocenters. The number of ether oxygens (including phenoxy) is 4. The van der Waals surface area contributed by atoms with Crippen molar-refractivity contribution in [1.29, 1.82) is 0 Å². The zero-order chi connectivity index (χ0) is 41.6. The van der Waals surface area contributed by atoms with Crippen LogP contribution in [0.1, 0.15) is 194 Å². The number of carbonyl (C=O) groups excluding carboxylic acids is 2. The van der Waals surface area contributed by atoms with E-state index in [1.165, 1.54) is 96.3 Å². The molecule has 1 saturated heterocycles. The number of carbonyl (C=O) groups is 2. The maximum Gasteiger partial charge on any atom is 0.306 e. The minimum absolute atomic E-state index is 0.224. The van der Waals surface area contributed by atoms with E-state index in [-0.39, 0.29) is 26.1 Å². The van der Waals surface area contributed by atoms with Gasteiger partial charge < -0.3 is 39.4 Å². The molecule has 0 bridgehead atoms. The van der Waals surface area contributed by atoms with Gasteiger partial charge in [0.15, 0.2) is 12.4 Å². The van der Waals surface area contributed by atoms with Crippen LogP contribution in [0.15, 0.2) is 36.5 Å². The van der Waals surface area contributed by atoms with Crippen molar-refractivity contribution in [2.45, 2.75) is 230 Å². The van der Waals surface area contributed by atoms with Crippen LogP contribution in [0.3, 0.4) is 0 Å². The topological polar surface area (TPSA) is 152 Å². The van der Waals surface area contributed by atoms with Gasteiger partial charge in [0.05, 0.1) is 13.2 Å². The summed E-state index contributed by atoms with van der Waals surface area (Å²) in [6.45, 7) is 3.38. The number of hydrogen-bond donors (Lipinski definition) is 4. The monoisotopic (exact) mass is 809 g/mol. The lowest BCUT2D eigenvalue weighted by molar-refractivity contribution is -0.305. The van der Waals surface area contributed by atoms with Gasteiger partial charge in [-0.25, -0.2) is 0 Å². The number of aliphatic hydroxyl groups excluding tert-OH is 4. The standard InChI is InChI=1S/C47H84O10/c1-3-5-7-9-11-13-15-17-19-20-22-24-26-28-30-32-34-36-43(50)56-40(39-55-47-46(53)45(52)44(51)41(37-48)57-47)38-54-42(49)35-33-31-29-27-25-23-21-18-16-14-12-10-8-6-4-2/h13-16,18,21,40-41,44-48,51-53H,3-12,17,19-20,22-39H2,1-2H3/b15-13+,16-14+,21-18+/t40-,41-,44+,45?,46?,47-/m1/s1. The van der Waals surface area contributed by atoms with Gasteiger partial charge in [0.2, 0.25) is 0 Å². The molecule has 0 radical (unpaired) electrons. The minimum atomic E-state index is -1.60. The molecule has 0 aromatic heterocycles. The van der Waals surface area contributed by atoms with Gasteiger partial charge >= 0.3 is 11.9 Å². The molecule has 332 valence electrons. The Balaban J connectivity index is 2.33. The lowest BCUT2D eigenvalue weighted by Crippen LogP contribution is -2.59. The van der Waals surface area contributed by atoms with Crippen molar-refractivity contribution in [2.75, 3.05) is 19.8 Å². The number of hydrogen-bond acceptors (Lipinski definition) is 10. The number of esters is 2. The van der Waals surface area contributed by atoms with Crippen molar-refractivity contribution in [1.82, 2.24) is 0 Å². The predicted octanol–water partition coefficient (Wildman–Crippen LogP) is 9.89. The Kier molecular flexibility index (Phi) is 35.4. The summed E-state index contributed by atoms with van der Waals surface area (Å²) in [4.78, 5) is 25.3. The molecule has 1 aliphatic heterocycles. The third-order valence-corrected chi connectivity index (χ3v) is 10.5. The first-order valence-electron chi connectivity index (χ1n) is 23.1. The molecule has 6 atom stereocenters. The number of rotatable bonds is 38. The van der Waals surface area contributed by atoms with Crippen molar-refractivity contribution in [2.24, 2.45) is 0 Å². The van der Waals surface area contributed by atoms with Gasteiger partial charge in [-0.15, -0.1) is 0 Å². The summed E-state index contributed by atoms with van der Waals surface area (Å²) < 4.78 is 22.2. The van der Waals surface area contributed by atoms with Gasteiger partial charge in [-0.2, -0.15) is 0 Å². The van der Waals surface area contributed by atoms with E-state index in [1.807, 2.05) is 0 Å². The second kappa shape index (κ2) is 38.1. The van der Waals surface area contributed by atoms with Crippen LogP contribution in [0.25, 0.3) is 0 Å². The number of unbranched alkanes of at least 4 members (excludes halogenated alkanes) is 22. The zero-order valence-corrected chi connectivity index (χ0v) is 36.1. The van der Waals surface area contributed by atoms with E-state index >= 15 is 0 Å². The lowest BCUT2D eigenvalue weighted by atomic mass is 9.99. The highest BCUT2D eigenvalue weighted by molar-refractivity contribution is 5.70. The van der Waals surface area contributed by atoms with Crippen LogP contribution in [0.5, 0.6) is 0 Å². The summed E-state index contributed by atoms with van der Waals surface area (Å²) >= 11 is 0. The average Bonchev–Trinajstić information content (AvgIpc) is 3.21. The predicted molar refractivity (Wildman–Crippen MR) is 229 cm³/mol. The Bertz CT molecular complexity index is 1030. The molecular formula is C47H84O10. The summed E-state index contributed by atoms with van der Waals surface area (Å²) in [5.74, 6) is -0.824. The third kappa shape index (κ3) is 29.7. The van der Waals surface area contributed by atoms with Gasteiger partial charge in [0.1, 0.15) is 31.0 Å². The van der Waals surface area contributed by atoms with Gasteiger partial charge in [0.25, 0.3) is 0 Å². The number of aliphatic hydroxyl groups is 4. The molecule has 0 aromatic rings. The van der Waals surface area contributed by atoms with Crippen molar-refractivity contribution in [3.63, 3.8) is 0 Å². The number of allylic oxidation sites excluding steroid dienone is 6. The van der Waals surface area contributed by atoms with Gasteiger partial charge in [-0.3, -0.25) is 9.59 Å². The molecule has 0 amide bonds. The second-order valence-electron chi connectivity index (χ2n) is 15.9. The van der Waals surface area contributed by atoms with Gasteiger partial charge in [-0.1, -0.05) is 153 Å². The van der Waals surface area contributed by atoms with E-state index in [4.69, 9.17) is 18.9 Å². The average molecular weight is 809 g/mol. The SMILES string of the molecule is CCCCCC/C=C/C=C/CCCCCCCC(=O)OC[C@H](CO[C@@H]1O[C@H](CO)[C@H](O)C(O)C1O)OC(=O)CCCCCCCCCCC/C=C/CCCCCC. The van der Waals surface area contributed by atoms with Crippen molar-refractivity contribution in [3.8, 4) is 0 Å². The largest absolute Gasteiger partial charge is 0.462 e. The molecule has 0 spiro atoms. The fourth-order valence-corrected chi connectivity index (χ4v) is 6.82. The van der Waals surface area contributed by atoms with Crippen LogP contribution in [0.4, 0.5) is 0 Å². The molecule has 0 aliphatic carbocycles.